The lowest BCUT2D eigenvalue weighted by Gasteiger charge is -2.19. The van der Waals surface area contributed by atoms with Crippen LogP contribution in [0.4, 0.5) is 4.39 Å². The molecule has 2 aromatic carbocycles. The number of rotatable bonds is 3. The Kier molecular flexibility index (Phi) is 3.74. The molecule has 3 rings (SSSR count). The van der Waals surface area contributed by atoms with E-state index in [0.717, 1.165) is 33.3 Å². The number of hydrazine groups is 1. The lowest BCUT2D eigenvalue weighted by Crippen LogP contribution is -2.29. The third-order valence-corrected chi connectivity index (χ3v) is 4.20. The van der Waals surface area contributed by atoms with E-state index in [4.69, 9.17) is 10.6 Å². The van der Waals surface area contributed by atoms with Gasteiger partial charge in [-0.1, -0.05) is 28.1 Å². The van der Waals surface area contributed by atoms with Gasteiger partial charge in [-0.3, -0.25) is 5.84 Å². The maximum Gasteiger partial charge on any atom is 0.123 e. The van der Waals surface area contributed by atoms with Crippen molar-refractivity contribution in [3.63, 3.8) is 0 Å². The Morgan fingerprint density at radius 1 is 1.25 bits per heavy atom. The minimum Gasteiger partial charge on any atom is -0.493 e. The number of nitrogens with one attached hydrogen (secondary N) is 1. The summed E-state index contributed by atoms with van der Waals surface area (Å²) in [6, 6.07) is 10.3. The molecule has 20 heavy (non-hydrogen) atoms. The Morgan fingerprint density at radius 3 is 2.90 bits per heavy atom. The Bertz CT molecular complexity index is 648. The second kappa shape index (κ2) is 5.52. The highest BCUT2D eigenvalue weighted by Gasteiger charge is 2.19. The van der Waals surface area contributed by atoms with Crippen molar-refractivity contribution in [3.05, 3.63) is 63.4 Å². The predicted octanol–water partition coefficient (Wildman–Crippen LogP) is 3.08. The Labute approximate surface area is 125 Å². The van der Waals surface area contributed by atoms with Crippen molar-refractivity contribution in [3.8, 4) is 5.75 Å². The van der Waals surface area contributed by atoms with E-state index in [2.05, 4.69) is 27.4 Å². The zero-order chi connectivity index (χ0) is 14.1. The van der Waals surface area contributed by atoms with Gasteiger partial charge in [-0.15, -0.1) is 0 Å². The summed E-state index contributed by atoms with van der Waals surface area (Å²) in [7, 11) is 0. The van der Waals surface area contributed by atoms with E-state index < -0.39 is 0 Å². The zero-order valence-electron chi connectivity index (χ0n) is 10.7. The molecule has 0 radical (unpaired) electrons. The molecule has 1 unspecified atom stereocenters. The molecule has 104 valence electrons. The predicted molar refractivity (Wildman–Crippen MR) is 78.9 cm³/mol. The summed E-state index contributed by atoms with van der Waals surface area (Å²) < 4.78 is 19.8. The van der Waals surface area contributed by atoms with Crippen molar-refractivity contribution in [2.24, 2.45) is 5.84 Å². The lowest BCUT2D eigenvalue weighted by atomic mass is 9.97. The van der Waals surface area contributed by atoms with Crippen LogP contribution in [0, 0.1) is 5.82 Å². The molecule has 0 saturated heterocycles. The number of nitrogens with two attached hydrogens (primary N) is 1. The van der Waals surface area contributed by atoms with Crippen LogP contribution in [0.3, 0.4) is 0 Å². The molecule has 1 aliphatic heterocycles. The van der Waals surface area contributed by atoms with Crippen LogP contribution in [0.5, 0.6) is 5.75 Å². The fourth-order valence-corrected chi connectivity index (χ4v) is 2.96. The molecule has 0 fully saturated rings. The Balaban J connectivity index is 2.03. The third kappa shape index (κ3) is 2.44. The van der Waals surface area contributed by atoms with Gasteiger partial charge in [0.25, 0.3) is 0 Å². The molecule has 0 bridgehead atoms. The molecule has 1 atom stereocenters. The monoisotopic (exact) mass is 336 g/mol. The molecule has 0 spiro atoms. The quantitative estimate of drug-likeness (QED) is 0.668. The van der Waals surface area contributed by atoms with Crippen LogP contribution in [0.1, 0.15) is 22.7 Å². The molecule has 0 saturated carbocycles. The molecule has 3 N–H and O–H groups in total. The van der Waals surface area contributed by atoms with Gasteiger partial charge in [0.1, 0.15) is 11.6 Å². The summed E-state index contributed by atoms with van der Waals surface area (Å²) in [5.74, 6) is 6.31. The highest BCUT2D eigenvalue weighted by Crippen LogP contribution is 2.33. The topological polar surface area (TPSA) is 47.3 Å². The molecular weight excluding hydrogens is 323 g/mol. The second-order valence-electron chi connectivity index (χ2n) is 4.73. The maximum atomic E-state index is 13.5. The normalized spacial score (nSPS) is 14.8. The maximum absolute atomic E-state index is 13.5. The van der Waals surface area contributed by atoms with Crippen LogP contribution in [0.15, 0.2) is 40.9 Å². The average Bonchev–Trinajstić information content (AvgIpc) is 2.91. The fourth-order valence-electron chi connectivity index (χ4n) is 2.49. The number of benzene rings is 2. The van der Waals surface area contributed by atoms with E-state index in [1.165, 1.54) is 12.1 Å². The van der Waals surface area contributed by atoms with Gasteiger partial charge in [-0.2, -0.15) is 0 Å². The van der Waals surface area contributed by atoms with Gasteiger partial charge >= 0.3 is 0 Å². The van der Waals surface area contributed by atoms with Crippen LogP contribution < -0.4 is 16.0 Å². The van der Waals surface area contributed by atoms with Gasteiger partial charge in [0.05, 0.1) is 12.6 Å². The van der Waals surface area contributed by atoms with Crippen molar-refractivity contribution in [2.45, 2.75) is 12.5 Å². The van der Waals surface area contributed by atoms with E-state index in [0.29, 0.717) is 6.61 Å². The largest absolute Gasteiger partial charge is 0.493 e. The number of halogens is 2. The summed E-state index contributed by atoms with van der Waals surface area (Å²) in [5.41, 5.74) is 5.68. The van der Waals surface area contributed by atoms with Crippen LogP contribution >= 0.6 is 15.9 Å². The van der Waals surface area contributed by atoms with Crippen molar-refractivity contribution < 1.29 is 9.13 Å². The third-order valence-electron chi connectivity index (χ3n) is 3.48. The number of ether oxygens (including phenoxy) is 1. The minimum atomic E-state index is -0.284. The highest BCUT2D eigenvalue weighted by atomic mass is 79.9. The van der Waals surface area contributed by atoms with Crippen LogP contribution in [0.2, 0.25) is 0 Å². The first-order valence-electron chi connectivity index (χ1n) is 6.36. The first kappa shape index (κ1) is 13.5. The lowest BCUT2D eigenvalue weighted by molar-refractivity contribution is 0.357. The van der Waals surface area contributed by atoms with Gasteiger partial charge in [0.15, 0.2) is 0 Å². The number of hydrogen-bond donors (Lipinski definition) is 2. The standard InChI is InChI=1S/C15H14BrFN2O/c16-13-3-2-11(17)8-12(13)15(19-18)10-1-4-14-9(7-10)5-6-20-14/h1-4,7-8,15,19H,5-6,18H2. The molecule has 3 nitrogen and oxygen atoms in total. The van der Waals surface area contributed by atoms with E-state index in [9.17, 15) is 4.39 Å². The molecule has 0 aliphatic carbocycles. The molecule has 5 heteroatoms. The smallest absolute Gasteiger partial charge is 0.123 e. The van der Waals surface area contributed by atoms with Gasteiger partial charge in [0.2, 0.25) is 0 Å². The van der Waals surface area contributed by atoms with Gasteiger partial charge < -0.3 is 4.74 Å². The Morgan fingerprint density at radius 2 is 2.10 bits per heavy atom. The van der Waals surface area contributed by atoms with E-state index in [1.807, 2.05) is 12.1 Å². The summed E-state index contributed by atoms with van der Waals surface area (Å²) >= 11 is 3.44. The van der Waals surface area contributed by atoms with Crippen LogP contribution in [0.25, 0.3) is 0 Å². The minimum absolute atomic E-state index is 0.272. The van der Waals surface area contributed by atoms with Gasteiger partial charge in [0, 0.05) is 10.9 Å². The molecule has 1 aliphatic rings. The van der Waals surface area contributed by atoms with Gasteiger partial charge in [-0.25, -0.2) is 9.82 Å². The van der Waals surface area contributed by atoms with Crippen molar-refractivity contribution in [1.29, 1.82) is 0 Å². The molecule has 0 amide bonds. The summed E-state index contributed by atoms with van der Waals surface area (Å²) in [5, 5.41) is 0. The van der Waals surface area contributed by atoms with Gasteiger partial charge in [-0.05, 0) is 41.0 Å². The summed E-state index contributed by atoms with van der Waals surface area (Å²) in [6.45, 7) is 0.711. The molecular formula is C15H14BrFN2O. The van der Waals surface area contributed by atoms with Crippen LogP contribution in [-0.2, 0) is 6.42 Å². The van der Waals surface area contributed by atoms with Crippen molar-refractivity contribution >= 4 is 15.9 Å². The summed E-state index contributed by atoms with van der Waals surface area (Å²) in [6.07, 6.45) is 0.894. The Hall–Kier alpha value is -1.43. The summed E-state index contributed by atoms with van der Waals surface area (Å²) in [4.78, 5) is 0. The average molecular weight is 337 g/mol. The van der Waals surface area contributed by atoms with Crippen molar-refractivity contribution in [1.82, 2.24) is 5.43 Å². The SMILES string of the molecule is NNC(c1ccc2c(c1)CCO2)c1cc(F)ccc1Br. The molecule has 0 aromatic heterocycles. The number of hydrogen-bond acceptors (Lipinski definition) is 3. The zero-order valence-corrected chi connectivity index (χ0v) is 12.3. The first-order valence-corrected chi connectivity index (χ1v) is 7.15. The first-order chi connectivity index (χ1) is 9.69. The van der Waals surface area contributed by atoms with E-state index in [-0.39, 0.29) is 11.9 Å². The van der Waals surface area contributed by atoms with E-state index >= 15 is 0 Å². The highest BCUT2D eigenvalue weighted by molar-refractivity contribution is 9.10. The van der Waals surface area contributed by atoms with E-state index in [1.54, 1.807) is 6.07 Å². The van der Waals surface area contributed by atoms with Crippen LogP contribution in [-0.4, -0.2) is 6.61 Å². The second-order valence-corrected chi connectivity index (χ2v) is 5.59. The molecule has 1 heterocycles. The number of fused-ring (bicyclic) bond motifs is 1. The fraction of sp³-hybridized carbons (Fsp3) is 0.200. The van der Waals surface area contributed by atoms with Crippen molar-refractivity contribution in [2.75, 3.05) is 6.61 Å². The molecule has 2 aromatic rings.